The number of hydrogen-bond acceptors (Lipinski definition) is 7. The summed E-state index contributed by atoms with van der Waals surface area (Å²) in [6, 6.07) is 6.18. The maximum atomic E-state index is 5.46. The molecule has 0 radical (unpaired) electrons. The van der Waals surface area contributed by atoms with E-state index in [0.29, 0.717) is 0 Å². The summed E-state index contributed by atoms with van der Waals surface area (Å²) < 4.78 is 5.46. The third kappa shape index (κ3) is 3.23. The van der Waals surface area contributed by atoms with Gasteiger partial charge in [-0.15, -0.1) is 11.3 Å². The molecule has 0 saturated carbocycles. The fourth-order valence-electron chi connectivity index (χ4n) is 3.57. The Kier molecular flexibility index (Phi) is 4.46. The van der Waals surface area contributed by atoms with Crippen LogP contribution in [0.3, 0.4) is 0 Å². The van der Waals surface area contributed by atoms with E-state index in [4.69, 9.17) is 14.7 Å². The van der Waals surface area contributed by atoms with Gasteiger partial charge in [0.05, 0.1) is 36.9 Å². The van der Waals surface area contributed by atoms with Crippen LogP contribution in [0.15, 0.2) is 24.4 Å². The van der Waals surface area contributed by atoms with Crippen molar-refractivity contribution in [3.8, 4) is 0 Å². The van der Waals surface area contributed by atoms with Crippen molar-refractivity contribution in [3.05, 3.63) is 40.7 Å². The fraction of sp³-hybridized carbons (Fsp3) is 0.350. The van der Waals surface area contributed by atoms with Gasteiger partial charge in [-0.1, -0.05) is 0 Å². The Morgan fingerprint density at radius 2 is 2.07 bits per heavy atom. The van der Waals surface area contributed by atoms with Crippen LogP contribution in [0.2, 0.25) is 0 Å². The summed E-state index contributed by atoms with van der Waals surface area (Å²) in [5.74, 6) is 1.72. The highest BCUT2D eigenvalue weighted by molar-refractivity contribution is 7.18. The maximum Gasteiger partial charge on any atom is 0.146 e. The number of H-pyrrole nitrogens is 1. The second kappa shape index (κ2) is 7.12. The van der Waals surface area contributed by atoms with Gasteiger partial charge in [-0.2, -0.15) is 5.10 Å². The normalized spacial score (nSPS) is 15.5. The van der Waals surface area contributed by atoms with Gasteiger partial charge in [0.1, 0.15) is 16.5 Å². The molecule has 144 valence electrons. The number of aryl methyl sites for hydroxylation is 2. The Balaban J connectivity index is 1.54. The number of nitrogens with zero attached hydrogens (tertiary/aromatic N) is 4. The summed E-state index contributed by atoms with van der Waals surface area (Å²) in [5, 5.41) is 12.9. The molecule has 1 saturated heterocycles. The van der Waals surface area contributed by atoms with Crippen LogP contribution >= 0.6 is 11.3 Å². The Morgan fingerprint density at radius 3 is 2.93 bits per heavy atom. The Morgan fingerprint density at radius 1 is 1.21 bits per heavy atom. The monoisotopic (exact) mass is 394 g/mol. The van der Waals surface area contributed by atoms with E-state index in [0.717, 1.165) is 71.3 Å². The van der Waals surface area contributed by atoms with Crippen molar-refractivity contribution < 1.29 is 4.74 Å². The number of aromatic nitrogens is 4. The number of morpholine rings is 1. The van der Waals surface area contributed by atoms with Crippen LogP contribution in [0, 0.1) is 13.8 Å². The molecule has 28 heavy (non-hydrogen) atoms. The molecule has 1 aliphatic heterocycles. The molecule has 0 spiro atoms. The lowest BCUT2D eigenvalue weighted by molar-refractivity contribution is 0.0331. The van der Waals surface area contributed by atoms with E-state index in [-0.39, 0.29) is 0 Å². The summed E-state index contributed by atoms with van der Waals surface area (Å²) in [7, 11) is 0. The fourth-order valence-corrected chi connectivity index (χ4v) is 4.61. The number of aromatic amines is 1. The first kappa shape index (κ1) is 17.5. The molecule has 4 aromatic rings. The number of benzene rings is 1. The lowest BCUT2D eigenvalue weighted by Crippen LogP contribution is -2.36. The van der Waals surface area contributed by atoms with Crippen LogP contribution in [0.5, 0.6) is 0 Å². The lowest BCUT2D eigenvalue weighted by atomic mass is 10.2. The van der Waals surface area contributed by atoms with Gasteiger partial charge < -0.3 is 10.1 Å². The molecular formula is C20H22N6OS. The van der Waals surface area contributed by atoms with Gasteiger partial charge in [0.25, 0.3) is 0 Å². The Labute approximate surface area is 166 Å². The summed E-state index contributed by atoms with van der Waals surface area (Å²) in [6.07, 6.45) is 1.83. The average Bonchev–Trinajstić information content (AvgIpc) is 3.27. The molecule has 5 rings (SSSR count). The smallest absolute Gasteiger partial charge is 0.146 e. The molecule has 3 aromatic heterocycles. The molecule has 0 unspecified atom stereocenters. The van der Waals surface area contributed by atoms with Crippen molar-refractivity contribution in [2.24, 2.45) is 0 Å². The molecular weight excluding hydrogens is 372 g/mol. The standard InChI is InChI=1S/C20H22N6OS/c1-12-13(2)28-20-18(12)19(22-15-4-3-14-10-21-25-16(14)9-15)23-17(24-20)11-26-5-7-27-8-6-26/h3-4,9-10H,5-8,11H2,1-2H3,(H,21,25)(H,22,23,24). The van der Waals surface area contributed by atoms with Crippen LogP contribution in [0.4, 0.5) is 11.5 Å². The van der Waals surface area contributed by atoms with Crippen LogP contribution in [-0.2, 0) is 11.3 Å². The van der Waals surface area contributed by atoms with Gasteiger partial charge >= 0.3 is 0 Å². The van der Waals surface area contributed by atoms with Gasteiger partial charge in [0, 0.05) is 29.0 Å². The van der Waals surface area contributed by atoms with E-state index in [1.807, 2.05) is 6.20 Å². The number of ether oxygens (including phenoxy) is 1. The number of nitrogens with one attached hydrogen (secondary N) is 2. The quantitative estimate of drug-likeness (QED) is 0.549. The number of rotatable bonds is 4. The van der Waals surface area contributed by atoms with Crippen molar-refractivity contribution >= 4 is 44.0 Å². The highest BCUT2D eigenvalue weighted by Gasteiger charge is 2.18. The molecule has 0 amide bonds. The maximum absolute atomic E-state index is 5.46. The van der Waals surface area contributed by atoms with Gasteiger partial charge in [-0.05, 0) is 37.6 Å². The number of anilines is 2. The second-order valence-corrected chi connectivity index (χ2v) is 8.34. The number of hydrogen-bond donors (Lipinski definition) is 2. The summed E-state index contributed by atoms with van der Waals surface area (Å²) in [6.45, 7) is 8.41. The van der Waals surface area contributed by atoms with Crippen molar-refractivity contribution in [2.75, 3.05) is 31.6 Å². The SMILES string of the molecule is Cc1sc2nc(CN3CCOCC3)nc(Nc3ccc4cn[nH]c4c3)c2c1C. The molecule has 0 aliphatic carbocycles. The molecule has 1 fully saturated rings. The van der Waals surface area contributed by atoms with E-state index in [9.17, 15) is 0 Å². The largest absolute Gasteiger partial charge is 0.379 e. The lowest BCUT2D eigenvalue weighted by Gasteiger charge is -2.25. The molecule has 0 bridgehead atoms. The van der Waals surface area contributed by atoms with E-state index >= 15 is 0 Å². The van der Waals surface area contributed by atoms with Gasteiger partial charge in [0.2, 0.25) is 0 Å². The molecule has 0 atom stereocenters. The average molecular weight is 395 g/mol. The number of fused-ring (bicyclic) bond motifs is 2. The topological polar surface area (TPSA) is 79.0 Å². The van der Waals surface area contributed by atoms with Gasteiger partial charge in [-0.3, -0.25) is 10.00 Å². The number of thiophene rings is 1. The summed E-state index contributed by atoms with van der Waals surface area (Å²) in [5.41, 5.74) is 3.22. The molecule has 7 nitrogen and oxygen atoms in total. The predicted octanol–water partition coefficient (Wildman–Crippen LogP) is 3.76. The van der Waals surface area contributed by atoms with Crippen molar-refractivity contribution in [2.45, 2.75) is 20.4 Å². The van der Waals surface area contributed by atoms with E-state index in [1.54, 1.807) is 11.3 Å². The summed E-state index contributed by atoms with van der Waals surface area (Å²) >= 11 is 1.73. The minimum atomic E-state index is 0.740. The highest BCUT2D eigenvalue weighted by atomic mass is 32.1. The van der Waals surface area contributed by atoms with Crippen LogP contribution in [0.1, 0.15) is 16.3 Å². The zero-order valence-corrected chi connectivity index (χ0v) is 16.8. The first-order valence-electron chi connectivity index (χ1n) is 9.44. The highest BCUT2D eigenvalue weighted by Crippen LogP contribution is 2.35. The van der Waals surface area contributed by atoms with E-state index < -0.39 is 0 Å². The predicted molar refractivity (Wildman–Crippen MR) is 112 cm³/mol. The Hall–Kier alpha value is -2.55. The third-order valence-electron chi connectivity index (χ3n) is 5.25. The van der Waals surface area contributed by atoms with Crippen LogP contribution in [0.25, 0.3) is 21.1 Å². The molecule has 1 aliphatic rings. The van der Waals surface area contributed by atoms with Crippen LogP contribution < -0.4 is 5.32 Å². The van der Waals surface area contributed by atoms with Crippen molar-refractivity contribution in [1.82, 2.24) is 25.1 Å². The van der Waals surface area contributed by atoms with Crippen molar-refractivity contribution in [3.63, 3.8) is 0 Å². The first-order chi connectivity index (χ1) is 13.7. The first-order valence-corrected chi connectivity index (χ1v) is 10.3. The third-order valence-corrected chi connectivity index (χ3v) is 6.35. The van der Waals surface area contributed by atoms with Crippen LogP contribution in [-0.4, -0.2) is 51.4 Å². The van der Waals surface area contributed by atoms with Gasteiger partial charge in [0.15, 0.2) is 0 Å². The molecule has 8 heteroatoms. The minimum absolute atomic E-state index is 0.740. The van der Waals surface area contributed by atoms with Crippen molar-refractivity contribution in [1.29, 1.82) is 0 Å². The summed E-state index contributed by atoms with van der Waals surface area (Å²) in [4.78, 5) is 14.4. The molecule has 1 aromatic carbocycles. The van der Waals surface area contributed by atoms with E-state index in [2.05, 4.69) is 52.5 Å². The van der Waals surface area contributed by atoms with E-state index in [1.165, 1.54) is 10.4 Å². The molecule has 2 N–H and O–H groups in total. The zero-order valence-electron chi connectivity index (χ0n) is 16.0. The zero-order chi connectivity index (χ0) is 19.1. The molecule has 4 heterocycles. The second-order valence-electron chi connectivity index (χ2n) is 7.14. The minimum Gasteiger partial charge on any atom is -0.379 e. The Bertz CT molecular complexity index is 1140. The van der Waals surface area contributed by atoms with Gasteiger partial charge in [-0.25, -0.2) is 9.97 Å².